The van der Waals surface area contributed by atoms with E-state index in [9.17, 15) is 13.2 Å². The maximum atomic E-state index is 13.4. The van der Waals surface area contributed by atoms with Crippen molar-refractivity contribution in [3.63, 3.8) is 0 Å². The molecule has 0 spiro atoms. The third kappa shape index (κ3) is 5.20. The van der Waals surface area contributed by atoms with E-state index in [1.807, 2.05) is 0 Å². The molecule has 1 saturated heterocycles. The average Bonchev–Trinajstić information content (AvgIpc) is 2.80. The van der Waals surface area contributed by atoms with Gasteiger partial charge in [-0.3, -0.25) is 14.8 Å². The number of rotatable bonds is 8. The lowest BCUT2D eigenvalue weighted by molar-refractivity contribution is 0.0782. The van der Waals surface area contributed by atoms with E-state index in [0.29, 0.717) is 56.3 Å². The molecule has 0 N–H and O–H groups in total. The van der Waals surface area contributed by atoms with Crippen molar-refractivity contribution in [3.8, 4) is 0 Å². The van der Waals surface area contributed by atoms with Gasteiger partial charge in [0.15, 0.2) is 0 Å². The Bertz CT molecular complexity index is 990. The number of amides is 1. The number of sulfonamides is 1. The monoisotopic (exact) mass is 447 g/mol. The van der Waals surface area contributed by atoms with Crippen molar-refractivity contribution in [3.05, 3.63) is 48.0 Å². The lowest BCUT2D eigenvalue weighted by atomic mass is 10.1. The highest BCUT2D eigenvalue weighted by atomic mass is 32.2. The molecule has 2 heterocycles. The van der Waals surface area contributed by atoms with Crippen LogP contribution in [0.15, 0.2) is 41.7 Å². The molecule has 31 heavy (non-hydrogen) atoms. The third-order valence-electron chi connectivity index (χ3n) is 5.26. The summed E-state index contributed by atoms with van der Waals surface area (Å²) in [6, 6.07) is 4.80. The number of morpholine rings is 1. The standard InChI is InChI=1S/C21H29N5O4S/c1-4-26(5-2)31(28,29)18-6-7-20(25-10-12-30-13-11-25)19(14-18)21(27)24(3)16-17-15-22-8-9-23-17/h6-9,14-15H,4-5,10-13,16H2,1-3H3. The molecular formula is C21H29N5O4S. The highest BCUT2D eigenvalue weighted by molar-refractivity contribution is 7.89. The van der Waals surface area contributed by atoms with Crippen LogP contribution in [0.25, 0.3) is 0 Å². The maximum absolute atomic E-state index is 13.4. The van der Waals surface area contributed by atoms with Crippen molar-refractivity contribution >= 4 is 21.6 Å². The average molecular weight is 448 g/mol. The van der Waals surface area contributed by atoms with E-state index in [1.54, 1.807) is 51.6 Å². The first-order valence-electron chi connectivity index (χ1n) is 10.4. The molecule has 1 aliphatic heterocycles. The van der Waals surface area contributed by atoms with Crippen LogP contribution in [0.3, 0.4) is 0 Å². The summed E-state index contributed by atoms with van der Waals surface area (Å²) >= 11 is 0. The Hall–Kier alpha value is -2.56. The Kier molecular flexibility index (Phi) is 7.58. The van der Waals surface area contributed by atoms with Gasteiger partial charge < -0.3 is 14.5 Å². The number of carbonyl (C=O) groups is 1. The summed E-state index contributed by atoms with van der Waals surface area (Å²) in [5, 5.41) is 0. The smallest absolute Gasteiger partial charge is 0.256 e. The fourth-order valence-electron chi connectivity index (χ4n) is 3.57. The van der Waals surface area contributed by atoms with Gasteiger partial charge in [0.1, 0.15) is 0 Å². The van der Waals surface area contributed by atoms with Gasteiger partial charge in [0, 0.05) is 51.3 Å². The van der Waals surface area contributed by atoms with Crippen molar-refractivity contribution in [2.75, 3.05) is 51.3 Å². The van der Waals surface area contributed by atoms with E-state index in [-0.39, 0.29) is 17.3 Å². The Labute approximate surface area is 183 Å². The normalized spacial score (nSPS) is 14.6. The predicted molar refractivity (Wildman–Crippen MR) is 117 cm³/mol. The van der Waals surface area contributed by atoms with E-state index in [0.717, 1.165) is 0 Å². The summed E-state index contributed by atoms with van der Waals surface area (Å²) in [5.74, 6) is -0.274. The summed E-state index contributed by atoms with van der Waals surface area (Å²) in [6.45, 7) is 6.97. The van der Waals surface area contributed by atoms with E-state index in [1.165, 1.54) is 15.3 Å². The molecule has 1 aromatic carbocycles. The maximum Gasteiger partial charge on any atom is 0.256 e. The van der Waals surface area contributed by atoms with Crippen molar-refractivity contribution in [1.29, 1.82) is 0 Å². The highest BCUT2D eigenvalue weighted by Gasteiger charge is 2.27. The lowest BCUT2D eigenvalue weighted by Gasteiger charge is -2.31. The van der Waals surface area contributed by atoms with Crippen molar-refractivity contribution in [1.82, 2.24) is 19.2 Å². The van der Waals surface area contributed by atoms with Crippen LogP contribution in [0.5, 0.6) is 0 Å². The number of anilines is 1. The second-order valence-electron chi connectivity index (χ2n) is 7.23. The molecule has 0 atom stereocenters. The van der Waals surface area contributed by atoms with Gasteiger partial charge in [0.25, 0.3) is 5.91 Å². The zero-order valence-electron chi connectivity index (χ0n) is 18.2. The molecule has 1 aliphatic rings. The number of hydrogen-bond acceptors (Lipinski definition) is 7. The quantitative estimate of drug-likeness (QED) is 0.607. The van der Waals surface area contributed by atoms with Gasteiger partial charge in [-0.2, -0.15) is 4.31 Å². The Balaban J connectivity index is 2.00. The minimum atomic E-state index is -3.69. The summed E-state index contributed by atoms with van der Waals surface area (Å²) in [7, 11) is -2.02. The Morgan fingerprint density at radius 3 is 2.48 bits per heavy atom. The van der Waals surface area contributed by atoms with E-state index >= 15 is 0 Å². The zero-order chi connectivity index (χ0) is 22.4. The number of carbonyl (C=O) groups excluding carboxylic acids is 1. The molecule has 2 aromatic rings. The van der Waals surface area contributed by atoms with Gasteiger partial charge in [-0.25, -0.2) is 8.42 Å². The van der Waals surface area contributed by atoms with Gasteiger partial charge in [0.05, 0.1) is 42.1 Å². The third-order valence-corrected chi connectivity index (χ3v) is 7.30. The number of ether oxygens (including phenoxy) is 1. The fourth-order valence-corrected chi connectivity index (χ4v) is 5.06. The van der Waals surface area contributed by atoms with Gasteiger partial charge in [-0.1, -0.05) is 13.8 Å². The van der Waals surface area contributed by atoms with E-state index in [2.05, 4.69) is 14.9 Å². The van der Waals surface area contributed by atoms with Gasteiger partial charge in [-0.05, 0) is 18.2 Å². The molecule has 0 bridgehead atoms. The van der Waals surface area contributed by atoms with Crippen molar-refractivity contribution in [2.24, 2.45) is 0 Å². The number of nitrogens with zero attached hydrogens (tertiary/aromatic N) is 5. The summed E-state index contributed by atoms with van der Waals surface area (Å²) < 4.78 is 32.9. The van der Waals surface area contributed by atoms with Crippen molar-refractivity contribution < 1.29 is 17.9 Å². The molecule has 1 amide bonds. The second-order valence-corrected chi connectivity index (χ2v) is 9.16. The van der Waals surface area contributed by atoms with Crippen LogP contribution in [0.2, 0.25) is 0 Å². The van der Waals surface area contributed by atoms with E-state index < -0.39 is 10.0 Å². The van der Waals surface area contributed by atoms with Gasteiger partial charge >= 0.3 is 0 Å². The Morgan fingerprint density at radius 2 is 1.87 bits per heavy atom. The first-order valence-corrected chi connectivity index (χ1v) is 11.8. The Morgan fingerprint density at radius 1 is 1.16 bits per heavy atom. The summed E-state index contributed by atoms with van der Waals surface area (Å²) in [6.07, 6.45) is 4.75. The van der Waals surface area contributed by atoms with Gasteiger partial charge in [0.2, 0.25) is 10.0 Å². The zero-order valence-corrected chi connectivity index (χ0v) is 19.0. The first-order chi connectivity index (χ1) is 14.9. The molecule has 10 heteroatoms. The van der Waals surface area contributed by atoms with Crippen LogP contribution >= 0.6 is 0 Å². The van der Waals surface area contributed by atoms with Crippen LogP contribution in [0, 0.1) is 0 Å². The molecule has 9 nitrogen and oxygen atoms in total. The highest BCUT2D eigenvalue weighted by Crippen LogP contribution is 2.28. The molecule has 0 radical (unpaired) electrons. The van der Waals surface area contributed by atoms with Crippen LogP contribution < -0.4 is 4.90 Å². The molecule has 1 fully saturated rings. The molecule has 1 aromatic heterocycles. The van der Waals surface area contributed by atoms with E-state index in [4.69, 9.17) is 4.74 Å². The lowest BCUT2D eigenvalue weighted by Crippen LogP contribution is -2.38. The molecule has 0 unspecified atom stereocenters. The first kappa shape index (κ1) is 23.1. The van der Waals surface area contributed by atoms with Crippen LogP contribution in [-0.2, 0) is 21.3 Å². The largest absolute Gasteiger partial charge is 0.378 e. The second kappa shape index (κ2) is 10.2. The summed E-state index contributed by atoms with van der Waals surface area (Å²) in [5.41, 5.74) is 1.71. The van der Waals surface area contributed by atoms with Crippen LogP contribution in [0.4, 0.5) is 5.69 Å². The minimum absolute atomic E-state index is 0.115. The molecule has 0 saturated carbocycles. The molecule has 0 aliphatic carbocycles. The van der Waals surface area contributed by atoms with Crippen molar-refractivity contribution in [2.45, 2.75) is 25.3 Å². The van der Waals surface area contributed by atoms with Crippen LogP contribution in [-0.4, -0.2) is 79.9 Å². The van der Waals surface area contributed by atoms with Gasteiger partial charge in [-0.15, -0.1) is 0 Å². The SMILES string of the molecule is CCN(CC)S(=O)(=O)c1ccc(N2CCOCC2)c(C(=O)N(C)Cc2cnccn2)c1. The van der Waals surface area contributed by atoms with Crippen LogP contribution in [0.1, 0.15) is 29.9 Å². The minimum Gasteiger partial charge on any atom is -0.378 e. The molecule has 3 rings (SSSR count). The fraction of sp³-hybridized carbons (Fsp3) is 0.476. The predicted octanol–water partition coefficient (Wildman–Crippen LogP) is 1.62. The molecular weight excluding hydrogens is 418 g/mol. The molecule has 168 valence electrons. The number of hydrogen-bond donors (Lipinski definition) is 0. The number of benzene rings is 1. The number of aromatic nitrogens is 2. The summed E-state index contributed by atoms with van der Waals surface area (Å²) in [4.78, 5) is 25.4. The topological polar surface area (TPSA) is 95.9 Å².